The smallest absolute Gasteiger partial charge is 0.211 e. The van der Waals surface area contributed by atoms with Gasteiger partial charge in [-0.05, 0) is 38.5 Å². The Morgan fingerprint density at radius 2 is 2.04 bits per heavy atom. The average molecular weight is 356 g/mol. The van der Waals surface area contributed by atoms with Crippen molar-refractivity contribution in [2.75, 3.05) is 19.4 Å². The number of ether oxygens (including phenoxy) is 2. The molecule has 0 radical (unpaired) electrons. The molecular formula is C18H29NO4S. The number of rotatable bonds is 7. The number of fused-ring (bicyclic) bond motifs is 1. The van der Waals surface area contributed by atoms with Crippen LogP contribution in [0.4, 0.5) is 0 Å². The van der Waals surface area contributed by atoms with Gasteiger partial charge >= 0.3 is 0 Å². The molecule has 1 aromatic carbocycles. The summed E-state index contributed by atoms with van der Waals surface area (Å²) in [5, 5.41) is 0. The lowest BCUT2D eigenvalue weighted by Crippen LogP contribution is -2.43. The van der Waals surface area contributed by atoms with Gasteiger partial charge in [-0.1, -0.05) is 20.3 Å². The maximum atomic E-state index is 12.2. The Balaban J connectivity index is 2.40. The molecule has 1 aromatic rings. The molecule has 0 saturated carbocycles. The quantitative estimate of drug-likeness (QED) is 0.699. The zero-order valence-electron chi connectivity index (χ0n) is 15.3. The molecule has 0 bridgehead atoms. The van der Waals surface area contributed by atoms with Crippen LogP contribution in [0.25, 0.3) is 0 Å². The molecule has 1 atom stereocenters. The number of unbranched alkanes of at least 4 members (excludes halogenated alkanes) is 1. The summed E-state index contributed by atoms with van der Waals surface area (Å²) in [5.41, 5.74) is 0.469. The van der Waals surface area contributed by atoms with Crippen LogP contribution < -0.4 is 9.47 Å². The molecule has 0 fully saturated rings. The van der Waals surface area contributed by atoms with Gasteiger partial charge in [-0.25, -0.2) is 8.42 Å². The van der Waals surface area contributed by atoms with Crippen molar-refractivity contribution in [3.05, 3.63) is 23.8 Å². The Labute approximate surface area is 146 Å². The van der Waals surface area contributed by atoms with Gasteiger partial charge in [0.15, 0.2) is 0 Å². The molecule has 136 valence electrons. The third kappa shape index (κ3) is 4.42. The molecule has 1 heterocycles. The van der Waals surface area contributed by atoms with Crippen molar-refractivity contribution < 1.29 is 17.9 Å². The molecule has 0 amide bonds. The van der Waals surface area contributed by atoms with E-state index in [1.54, 1.807) is 4.31 Å². The van der Waals surface area contributed by atoms with Crippen LogP contribution in [0.15, 0.2) is 18.2 Å². The second-order valence-corrected chi connectivity index (χ2v) is 8.88. The Bertz CT molecular complexity index is 670. The third-order valence-electron chi connectivity index (χ3n) is 4.26. The number of sulfonamides is 1. The molecule has 1 aliphatic heterocycles. The highest BCUT2D eigenvalue weighted by Crippen LogP contribution is 2.44. The summed E-state index contributed by atoms with van der Waals surface area (Å²) in [4.78, 5) is 0. The normalized spacial score (nSPS) is 19.7. The molecule has 0 N–H and O–H groups in total. The van der Waals surface area contributed by atoms with Crippen LogP contribution >= 0.6 is 0 Å². The van der Waals surface area contributed by atoms with Crippen LogP contribution in [-0.2, 0) is 10.0 Å². The first-order chi connectivity index (χ1) is 11.2. The Morgan fingerprint density at radius 3 is 2.62 bits per heavy atom. The number of hydrogen-bond donors (Lipinski definition) is 0. The van der Waals surface area contributed by atoms with Crippen molar-refractivity contribution in [3.63, 3.8) is 0 Å². The molecule has 5 nitrogen and oxygen atoms in total. The van der Waals surface area contributed by atoms with Crippen LogP contribution in [0.1, 0.15) is 58.6 Å². The second-order valence-electron chi connectivity index (χ2n) is 6.95. The maximum Gasteiger partial charge on any atom is 0.211 e. The molecule has 1 aliphatic rings. The lowest BCUT2D eigenvalue weighted by molar-refractivity contribution is 0.0510. The lowest BCUT2D eigenvalue weighted by Gasteiger charge is -2.41. The van der Waals surface area contributed by atoms with E-state index in [-0.39, 0.29) is 6.04 Å². The standard InChI is InChI=1S/C18H29NO4S/c1-6-8-11-22-14-9-10-17-15(12-14)16(13-18(3,4)23-17)19(7-2)24(5,20)21/h9-10,12,16H,6-8,11,13H2,1-5H3. The molecule has 2 rings (SSSR count). The lowest BCUT2D eigenvalue weighted by atomic mass is 9.89. The first kappa shape index (κ1) is 19.1. The van der Waals surface area contributed by atoms with Gasteiger partial charge < -0.3 is 9.47 Å². The molecular weight excluding hydrogens is 326 g/mol. The van der Waals surface area contributed by atoms with Gasteiger partial charge in [-0.3, -0.25) is 0 Å². The fourth-order valence-corrected chi connectivity index (χ4v) is 4.28. The monoisotopic (exact) mass is 355 g/mol. The van der Waals surface area contributed by atoms with E-state index in [0.29, 0.717) is 19.6 Å². The van der Waals surface area contributed by atoms with Crippen LogP contribution in [0, 0.1) is 0 Å². The average Bonchev–Trinajstić information content (AvgIpc) is 2.46. The topological polar surface area (TPSA) is 55.8 Å². The molecule has 1 unspecified atom stereocenters. The van der Waals surface area contributed by atoms with Crippen LogP contribution in [0.2, 0.25) is 0 Å². The third-order valence-corrected chi connectivity index (χ3v) is 5.63. The summed E-state index contributed by atoms with van der Waals surface area (Å²) < 4.78 is 37.9. The maximum absolute atomic E-state index is 12.2. The second kappa shape index (κ2) is 7.31. The van der Waals surface area contributed by atoms with Crippen molar-refractivity contribution in [2.45, 2.75) is 58.6 Å². The van der Waals surface area contributed by atoms with E-state index in [9.17, 15) is 8.42 Å². The van der Waals surface area contributed by atoms with Crippen molar-refractivity contribution in [1.82, 2.24) is 4.31 Å². The van der Waals surface area contributed by atoms with Crippen molar-refractivity contribution >= 4 is 10.0 Å². The van der Waals surface area contributed by atoms with E-state index in [4.69, 9.17) is 9.47 Å². The number of hydrogen-bond acceptors (Lipinski definition) is 4. The van der Waals surface area contributed by atoms with Crippen LogP contribution in [0.3, 0.4) is 0 Å². The Hall–Kier alpha value is -1.27. The zero-order chi connectivity index (χ0) is 18.0. The minimum absolute atomic E-state index is 0.238. The summed E-state index contributed by atoms with van der Waals surface area (Å²) in [6, 6.07) is 5.47. The van der Waals surface area contributed by atoms with Gasteiger partial charge in [0.1, 0.15) is 17.1 Å². The SMILES string of the molecule is CCCCOc1ccc2c(c1)C(N(CC)S(C)(=O)=O)CC(C)(C)O2. The highest BCUT2D eigenvalue weighted by atomic mass is 32.2. The summed E-state index contributed by atoms with van der Waals surface area (Å²) in [7, 11) is -3.30. The van der Waals surface area contributed by atoms with Crippen molar-refractivity contribution in [3.8, 4) is 11.5 Å². The summed E-state index contributed by atoms with van der Waals surface area (Å²) in [6.45, 7) is 9.06. The fraction of sp³-hybridized carbons (Fsp3) is 0.667. The van der Waals surface area contributed by atoms with E-state index >= 15 is 0 Å². The number of nitrogens with zero attached hydrogens (tertiary/aromatic N) is 1. The summed E-state index contributed by atoms with van der Waals surface area (Å²) >= 11 is 0. The van der Waals surface area contributed by atoms with Crippen molar-refractivity contribution in [2.24, 2.45) is 0 Å². The highest BCUT2D eigenvalue weighted by molar-refractivity contribution is 7.88. The van der Waals surface area contributed by atoms with E-state index in [1.807, 2.05) is 39.0 Å². The molecule has 0 spiro atoms. The predicted octanol–water partition coefficient (Wildman–Crippen LogP) is 3.75. The van der Waals surface area contributed by atoms with Gasteiger partial charge in [0.05, 0.1) is 18.9 Å². The minimum Gasteiger partial charge on any atom is -0.494 e. The van der Waals surface area contributed by atoms with E-state index in [2.05, 4.69) is 6.92 Å². The first-order valence-corrected chi connectivity index (χ1v) is 10.5. The van der Waals surface area contributed by atoms with E-state index in [1.165, 1.54) is 6.26 Å². The van der Waals surface area contributed by atoms with Gasteiger partial charge in [0.25, 0.3) is 0 Å². The summed E-state index contributed by atoms with van der Waals surface area (Å²) in [6.07, 6.45) is 3.94. The summed E-state index contributed by atoms with van der Waals surface area (Å²) in [5.74, 6) is 1.50. The Morgan fingerprint density at radius 1 is 1.33 bits per heavy atom. The molecule has 24 heavy (non-hydrogen) atoms. The highest BCUT2D eigenvalue weighted by Gasteiger charge is 2.39. The predicted molar refractivity (Wildman–Crippen MR) is 96.1 cm³/mol. The Kier molecular flexibility index (Phi) is 5.81. The van der Waals surface area contributed by atoms with E-state index in [0.717, 1.165) is 29.9 Å². The van der Waals surface area contributed by atoms with Crippen molar-refractivity contribution in [1.29, 1.82) is 0 Å². The largest absolute Gasteiger partial charge is 0.494 e. The van der Waals surface area contributed by atoms with Gasteiger partial charge in [0, 0.05) is 18.5 Å². The zero-order valence-corrected chi connectivity index (χ0v) is 16.1. The molecule has 0 aromatic heterocycles. The molecule has 6 heteroatoms. The first-order valence-electron chi connectivity index (χ1n) is 8.60. The molecule has 0 saturated heterocycles. The van der Waals surface area contributed by atoms with Crippen LogP contribution in [-0.4, -0.2) is 37.7 Å². The van der Waals surface area contributed by atoms with Gasteiger partial charge in [-0.15, -0.1) is 0 Å². The van der Waals surface area contributed by atoms with Gasteiger partial charge in [0.2, 0.25) is 10.0 Å². The minimum atomic E-state index is -3.30. The molecule has 0 aliphatic carbocycles. The fourth-order valence-electron chi connectivity index (χ4n) is 3.16. The number of benzene rings is 1. The van der Waals surface area contributed by atoms with Gasteiger partial charge in [-0.2, -0.15) is 4.31 Å². The van der Waals surface area contributed by atoms with E-state index < -0.39 is 15.6 Å². The van der Waals surface area contributed by atoms with Crippen LogP contribution in [0.5, 0.6) is 11.5 Å².